The molecule has 1 N–H and O–H groups in total. The summed E-state index contributed by atoms with van der Waals surface area (Å²) in [6.45, 7) is 2.88. The fourth-order valence-corrected chi connectivity index (χ4v) is 2.34. The molecule has 1 aromatic rings. The first-order valence-electron chi connectivity index (χ1n) is 5.97. The highest BCUT2D eigenvalue weighted by Gasteiger charge is 2.18. The number of carbonyl (C=O) groups excluding carboxylic acids is 1. The van der Waals surface area contributed by atoms with Crippen LogP contribution in [0.15, 0.2) is 11.5 Å². The van der Waals surface area contributed by atoms with Crippen LogP contribution in [0.1, 0.15) is 19.8 Å². The van der Waals surface area contributed by atoms with Crippen molar-refractivity contribution in [2.75, 3.05) is 19.4 Å². The van der Waals surface area contributed by atoms with E-state index in [0.717, 1.165) is 23.9 Å². The molecule has 0 aliphatic rings. The van der Waals surface area contributed by atoms with Gasteiger partial charge < -0.3 is 10.1 Å². The van der Waals surface area contributed by atoms with Gasteiger partial charge in [0.15, 0.2) is 5.16 Å². The second-order valence-electron chi connectivity index (χ2n) is 3.83. The number of nitrogens with one attached hydrogen (secondary N) is 1. The van der Waals surface area contributed by atoms with Crippen molar-refractivity contribution in [3.63, 3.8) is 0 Å². The Bertz CT molecular complexity index is 370. The van der Waals surface area contributed by atoms with Gasteiger partial charge in [0.2, 0.25) is 0 Å². The van der Waals surface area contributed by atoms with Crippen molar-refractivity contribution in [3.8, 4) is 0 Å². The molecule has 0 spiro atoms. The minimum Gasteiger partial charge on any atom is -0.468 e. The second kappa shape index (κ2) is 8.10. The minimum absolute atomic E-state index is 0.206. The number of aromatic nitrogens is 3. The van der Waals surface area contributed by atoms with E-state index in [1.54, 1.807) is 16.4 Å². The first-order valence-corrected chi connectivity index (χ1v) is 6.95. The van der Waals surface area contributed by atoms with Crippen LogP contribution in [0, 0.1) is 0 Å². The number of carbonyl (C=O) groups is 1. The van der Waals surface area contributed by atoms with Crippen molar-refractivity contribution < 1.29 is 9.53 Å². The zero-order valence-corrected chi connectivity index (χ0v) is 11.9. The average Bonchev–Trinajstić information content (AvgIpc) is 2.78. The molecule has 1 aromatic heterocycles. The molecule has 0 bridgehead atoms. The van der Waals surface area contributed by atoms with Gasteiger partial charge in [-0.3, -0.25) is 4.79 Å². The Labute approximate surface area is 111 Å². The third-order valence-corrected chi connectivity index (χ3v) is 3.50. The summed E-state index contributed by atoms with van der Waals surface area (Å²) in [5, 5.41) is 8.03. The van der Waals surface area contributed by atoms with Gasteiger partial charge in [0, 0.05) is 12.8 Å². The lowest BCUT2D eigenvalue weighted by atomic mass is 10.2. The monoisotopic (exact) mass is 272 g/mol. The second-order valence-corrected chi connectivity index (χ2v) is 4.90. The molecule has 6 nitrogen and oxygen atoms in total. The summed E-state index contributed by atoms with van der Waals surface area (Å²) in [5.74, 6) is 0.588. The van der Waals surface area contributed by atoms with E-state index in [2.05, 4.69) is 22.3 Å². The zero-order chi connectivity index (χ0) is 13.4. The van der Waals surface area contributed by atoms with Crippen LogP contribution < -0.4 is 5.32 Å². The van der Waals surface area contributed by atoms with Crippen molar-refractivity contribution in [1.29, 1.82) is 0 Å². The molecule has 7 heteroatoms. The summed E-state index contributed by atoms with van der Waals surface area (Å²) < 4.78 is 6.50. The lowest BCUT2D eigenvalue weighted by Crippen LogP contribution is -2.38. The minimum atomic E-state index is -0.240. The predicted molar refractivity (Wildman–Crippen MR) is 70.4 cm³/mol. The van der Waals surface area contributed by atoms with Gasteiger partial charge in [0.25, 0.3) is 0 Å². The van der Waals surface area contributed by atoms with E-state index in [4.69, 9.17) is 4.74 Å². The molecule has 0 aromatic carbocycles. The maximum atomic E-state index is 11.5. The molecule has 0 aliphatic heterocycles. The number of nitrogens with zero attached hydrogens (tertiary/aromatic N) is 3. The van der Waals surface area contributed by atoms with Crippen LogP contribution in [0.2, 0.25) is 0 Å². The number of rotatable bonds is 8. The maximum Gasteiger partial charge on any atom is 0.322 e. The summed E-state index contributed by atoms with van der Waals surface area (Å²) in [7, 11) is 3.27. The topological polar surface area (TPSA) is 69.0 Å². The van der Waals surface area contributed by atoms with Crippen molar-refractivity contribution in [2.24, 2.45) is 7.05 Å². The van der Waals surface area contributed by atoms with Crippen LogP contribution >= 0.6 is 11.8 Å². The molecule has 0 amide bonds. The number of hydrogen-bond acceptors (Lipinski definition) is 6. The van der Waals surface area contributed by atoms with Gasteiger partial charge in [-0.2, -0.15) is 5.10 Å². The SMILES string of the molecule is CCCNC(CCSc1ncnn1C)C(=O)OC. The highest BCUT2D eigenvalue weighted by Crippen LogP contribution is 2.15. The molecule has 0 aliphatic carbocycles. The third-order valence-electron chi connectivity index (χ3n) is 2.43. The van der Waals surface area contributed by atoms with E-state index in [0.29, 0.717) is 6.42 Å². The Balaban J connectivity index is 2.37. The Hall–Kier alpha value is -1.08. The van der Waals surface area contributed by atoms with Gasteiger partial charge in [-0.1, -0.05) is 18.7 Å². The van der Waals surface area contributed by atoms with E-state index >= 15 is 0 Å². The first kappa shape index (κ1) is 15.0. The molecule has 1 heterocycles. The standard InChI is InChI=1S/C11H20N4O2S/c1-4-6-12-9(10(16)17-3)5-7-18-11-13-8-14-15(11)2/h8-9,12H,4-7H2,1-3H3. The summed E-state index contributed by atoms with van der Waals surface area (Å²) >= 11 is 1.58. The Kier molecular flexibility index (Phi) is 6.74. The normalized spacial score (nSPS) is 12.4. The Morgan fingerprint density at radius 2 is 2.44 bits per heavy atom. The molecule has 0 radical (unpaired) electrons. The number of esters is 1. The van der Waals surface area contributed by atoms with Gasteiger partial charge in [-0.05, 0) is 19.4 Å². The maximum absolute atomic E-state index is 11.5. The van der Waals surface area contributed by atoms with E-state index in [1.807, 2.05) is 7.05 Å². The quantitative estimate of drug-likeness (QED) is 0.558. The Morgan fingerprint density at radius 1 is 1.67 bits per heavy atom. The van der Waals surface area contributed by atoms with E-state index in [-0.39, 0.29) is 12.0 Å². The molecule has 1 atom stereocenters. The van der Waals surface area contributed by atoms with Crippen molar-refractivity contribution >= 4 is 17.7 Å². The van der Waals surface area contributed by atoms with Gasteiger partial charge in [-0.15, -0.1) is 0 Å². The van der Waals surface area contributed by atoms with Crippen LogP contribution in [0.4, 0.5) is 0 Å². The molecule has 0 saturated heterocycles. The molecule has 0 saturated carbocycles. The van der Waals surface area contributed by atoms with Gasteiger partial charge in [0.1, 0.15) is 12.4 Å². The van der Waals surface area contributed by atoms with Crippen molar-refractivity contribution in [1.82, 2.24) is 20.1 Å². The summed E-state index contributed by atoms with van der Waals surface area (Å²) in [6.07, 6.45) is 3.23. The van der Waals surface area contributed by atoms with Crippen LogP contribution in [-0.2, 0) is 16.6 Å². The highest BCUT2D eigenvalue weighted by atomic mass is 32.2. The number of aryl methyl sites for hydroxylation is 1. The average molecular weight is 272 g/mol. The fraction of sp³-hybridized carbons (Fsp3) is 0.727. The van der Waals surface area contributed by atoms with E-state index in [9.17, 15) is 4.79 Å². The van der Waals surface area contributed by atoms with Crippen molar-refractivity contribution in [2.45, 2.75) is 31.0 Å². The van der Waals surface area contributed by atoms with Crippen molar-refractivity contribution in [3.05, 3.63) is 6.33 Å². The Morgan fingerprint density at radius 3 is 3.00 bits per heavy atom. The molecular weight excluding hydrogens is 252 g/mol. The largest absolute Gasteiger partial charge is 0.468 e. The number of hydrogen-bond donors (Lipinski definition) is 1. The smallest absolute Gasteiger partial charge is 0.322 e. The van der Waals surface area contributed by atoms with E-state index < -0.39 is 0 Å². The van der Waals surface area contributed by atoms with Crippen LogP contribution in [0.3, 0.4) is 0 Å². The molecule has 102 valence electrons. The summed E-state index contributed by atoms with van der Waals surface area (Å²) in [5.41, 5.74) is 0. The molecule has 18 heavy (non-hydrogen) atoms. The molecule has 0 fully saturated rings. The molecule has 1 rings (SSSR count). The molecule has 1 unspecified atom stereocenters. The van der Waals surface area contributed by atoms with Gasteiger partial charge in [-0.25, -0.2) is 9.67 Å². The summed E-state index contributed by atoms with van der Waals surface area (Å²) in [4.78, 5) is 15.7. The summed E-state index contributed by atoms with van der Waals surface area (Å²) in [6, 6.07) is -0.240. The fourth-order valence-electron chi connectivity index (χ4n) is 1.45. The lowest BCUT2D eigenvalue weighted by Gasteiger charge is -2.15. The third kappa shape index (κ3) is 4.66. The van der Waals surface area contributed by atoms with Gasteiger partial charge >= 0.3 is 5.97 Å². The van der Waals surface area contributed by atoms with Crippen LogP contribution in [0.5, 0.6) is 0 Å². The number of thioether (sulfide) groups is 1. The first-order chi connectivity index (χ1) is 8.69. The van der Waals surface area contributed by atoms with E-state index in [1.165, 1.54) is 13.4 Å². The number of methoxy groups -OCH3 is 1. The van der Waals surface area contributed by atoms with Crippen LogP contribution in [-0.4, -0.2) is 46.2 Å². The molecular formula is C11H20N4O2S. The van der Waals surface area contributed by atoms with Crippen LogP contribution in [0.25, 0.3) is 0 Å². The zero-order valence-electron chi connectivity index (χ0n) is 11.0. The highest BCUT2D eigenvalue weighted by molar-refractivity contribution is 7.99. The lowest BCUT2D eigenvalue weighted by molar-refractivity contribution is -0.143. The predicted octanol–water partition coefficient (Wildman–Crippen LogP) is 0.838. The number of ether oxygens (including phenoxy) is 1. The van der Waals surface area contributed by atoms with Gasteiger partial charge in [0.05, 0.1) is 7.11 Å².